The van der Waals surface area contributed by atoms with Crippen LogP contribution in [-0.2, 0) is 4.65 Å². The fourth-order valence-electron chi connectivity index (χ4n) is 20.7. The molecule has 6 rings (SSSR count). The molecule has 848 valence electrons. The molecule has 0 aliphatic heterocycles. The first-order chi connectivity index (χ1) is 74.0. The number of hydrogen-bond acceptors (Lipinski definition) is 10. The Morgan fingerprint density at radius 2 is 0.427 bits per heavy atom. The second-order valence-electron chi connectivity index (χ2n) is 44.2. The minimum Gasteiger partial charge on any atom is -0.503 e. The van der Waals surface area contributed by atoms with E-state index in [1.807, 2.05) is 60.7 Å². The number of aromatic nitrogens is 2. The highest BCUT2D eigenvalue weighted by Gasteiger charge is 2.26. The smallest absolute Gasteiger partial charge is 0.503 e. The van der Waals surface area contributed by atoms with Gasteiger partial charge in [0.25, 0.3) is 11.8 Å². The Morgan fingerprint density at radius 3 is 0.633 bits per heavy atom. The van der Waals surface area contributed by atoms with Crippen molar-refractivity contribution in [1.82, 2.24) is 9.97 Å². The Morgan fingerprint density at radius 1 is 0.240 bits per heavy atom. The number of ether oxygens (including phenoxy) is 6. The van der Waals surface area contributed by atoms with Crippen LogP contribution >= 0.6 is 0 Å². The number of unbranched alkanes of at least 4 members (excludes halogenated alkanes) is 78. The Balaban J connectivity index is 1.13. The van der Waals surface area contributed by atoms with Crippen molar-refractivity contribution in [3.63, 3.8) is 0 Å². The maximum atomic E-state index is 14.7. The molecule has 2 heterocycles. The lowest BCUT2D eigenvalue weighted by Crippen LogP contribution is -2.14. The molecule has 0 spiro atoms. The molecule has 0 aliphatic rings. The number of halogens is 2. The van der Waals surface area contributed by atoms with E-state index in [0.717, 1.165) is 88.7 Å². The fourth-order valence-corrected chi connectivity index (χ4v) is 20.7. The Labute approximate surface area is 916 Å². The highest BCUT2D eigenvalue weighted by molar-refractivity contribution is 6.36. The third-order valence-electron chi connectivity index (χ3n) is 30.4. The molecule has 0 unspecified atom stereocenters. The molecule has 4 aromatic carbocycles. The number of amides is 2. The third-order valence-corrected chi connectivity index (χ3v) is 30.4. The van der Waals surface area contributed by atoms with Crippen LogP contribution in [-0.4, -0.2) is 74.7 Å². The number of hydrogen-bond donors (Lipinski definition) is 4. The summed E-state index contributed by atoms with van der Waals surface area (Å²) in [5, 5.41) is 6.28. The van der Waals surface area contributed by atoms with E-state index in [9.17, 15) is 23.0 Å². The van der Waals surface area contributed by atoms with E-state index in [2.05, 4.69) is 62.1 Å². The normalized spacial score (nSPS) is 11.6. The number of anilines is 2. The molecule has 14 nitrogen and oxygen atoms in total. The van der Waals surface area contributed by atoms with Gasteiger partial charge < -0.3 is 53.7 Å². The Bertz CT molecular complexity index is 4110. The minimum absolute atomic E-state index is 0.159. The number of allylic oxidation sites excluding steroid dienone is 1. The number of carbonyl (C=O) groups is 3. The van der Waals surface area contributed by atoms with Crippen LogP contribution in [0.3, 0.4) is 0 Å². The van der Waals surface area contributed by atoms with Gasteiger partial charge >= 0.3 is 7.47 Å². The summed E-state index contributed by atoms with van der Waals surface area (Å²) in [5.74, 6) is 1.68. The van der Waals surface area contributed by atoms with Gasteiger partial charge in [0.05, 0.1) is 51.0 Å². The van der Waals surface area contributed by atoms with Gasteiger partial charge in [0.15, 0.2) is 23.0 Å². The minimum atomic E-state index is -3.23. The molecule has 0 fully saturated rings. The van der Waals surface area contributed by atoms with E-state index in [1.54, 1.807) is 36.4 Å². The molecule has 0 saturated heterocycles. The predicted octanol–water partition coefficient (Wildman–Crippen LogP) is 43.5. The lowest BCUT2D eigenvalue weighted by Gasteiger charge is -2.19. The fraction of sp³-hybridized carbons (Fsp3) is 0.722. The number of benzene rings is 4. The summed E-state index contributed by atoms with van der Waals surface area (Å²) in [6.45, 7) is 16.8. The maximum absolute atomic E-state index is 14.7. The Hall–Kier alpha value is -7.69. The first kappa shape index (κ1) is 131. The zero-order chi connectivity index (χ0) is 107. The summed E-state index contributed by atoms with van der Waals surface area (Å²) in [6, 6.07) is 28.7. The number of nitrogens with one attached hydrogen (secondary N) is 4. The zero-order valence-corrected chi connectivity index (χ0v) is 96.9. The summed E-state index contributed by atoms with van der Waals surface area (Å²) in [6.07, 6.45) is 108. The number of ketones is 1. The standard InChI is InChI=1S/C133H219BF2N4O10/c1-7-13-19-25-31-37-43-49-55-61-67-73-79-85-103-144-126-109-116(110-127(145-104-86-80-74-68-62-56-50-44-38-32-26-20-14-8-2)130(126)148-107-89-83-77-71-65-59-53-47-41-35-29-23-17-11-5)132(142)137-118-95-91-114(92-96-118)120-99-101-122(139-120)124(141)113-125(150-134(135)136)123-102-100-121(140-123)115-93-97-119(98-94-115)138-133(143)117-111-128(146-105-87-81-75-69-63-57-51-45-39-33-27-21-15-9-3)131(149-108-90-84-78-72-66-60-54-48-42-36-30-24-18-12-6)129(112-117)147-106-88-82-76-70-64-58-52-46-40-34-28-22-16-10-4/h91-102,109-113,139-140H,7-90,103-108H2,1-6H3,(H,137,142)(H,138,143)/b125-113-. The van der Waals surface area contributed by atoms with Gasteiger partial charge in [-0.2, -0.15) is 0 Å². The lowest BCUT2D eigenvalue weighted by molar-refractivity contribution is 0.101. The van der Waals surface area contributed by atoms with Crippen molar-refractivity contribution in [2.45, 2.75) is 581 Å². The van der Waals surface area contributed by atoms with Crippen LogP contribution in [0.5, 0.6) is 34.5 Å². The summed E-state index contributed by atoms with van der Waals surface area (Å²) in [5.41, 5.74) is 4.86. The highest BCUT2D eigenvalue weighted by Crippen LogP contribution is 2.43. The molecular weight excluding hydrogens is 1860 g/mol. The van der Waals surface area contributed by atoms with Crippen molar-refractivity contribution in [3.8, 4) is 57.0 Å². The van der Waals surface area contributed by atoms with Gasteiger partial charge in [0, 0.05) is 40.0 Å². The van der Waals surface area contributed by atoms with E-state index in [0.29, 0.717) is 114 Å². The molecule has 0 saturated carbocycles. The van der Waals surface area contributed by atoms with Gasteiger partial charge in [0.2, 0.25) is 17.3 Å². The van der Waals surface area contributed by atoms with E-state index < -0.39 is 13.3 Å². The average Bonchev–Trinajstić information content (AvgIpc) is 1.02. The Kier molecular flexibility index (Phi) is 80.9. The molecule has 150 heavy (non-hydrogen) atoms. The van der Waals surface area contributed by atoms with Crippen LogP contribution in [0, 0.1) is 0 Å². The second-order valence-corrected chi connectivity index (χ2v) is 44.2. The number of carbonyl (C=O) groups excluding carboxylic acids is 3. The van der Waals surface area contributed by atoms with E-state index in [1.165, 1.54) is 462 Å². The van der Waals surface area contributed by atoms with Crippen molar-refractivity contribution >= 4 is 42.2 Å². The van der Waals surface area contributed by atoms with E-state index in [-0.39, 0.29) is 29.0 Å². The molecule has 6 aromatic rings. The van der Waals surface area contributed by atoms with E-state index in [4.69, 9.17) is 33.1 Å². The maximum Gasteiger partial charge on any atom is 0.796 e. The van der Waals surface area contributed by atoms with Crippen molar-refractivity contribution in [3.05, 3.63) is 126 Å². The van der Waals surface area contributed by atoms with Crippen LogP contribution in [0.4, 0.5) is 20.0 Å². The highest BCUT2D eigenvalue weighted by atomic mass is 19.2. The van der Waals surface area contributed by atoms with Crippen LogP contribution in [0.2, 0.25) is 0 Å². The van der Waals surface area contributed by atoms with Crippen LogP contribution in [0.1, 0.15) is 618 Å². The van der Waals surface area contributed by atoms with Crippen LogP contribution < -0.4 is 39.1 Å². The van der Waals surface area contributed by atoms with Crippen molar-refractivity contribution < 1.29 is 56.1 Å². The van der Waals surface area contributed by atoms with Crippen molar-refractivity contribution in [2.24, 2.45) is 0 Å². The summed E-state index contributed by atoms with van der Waals surface area (Å²) in [4.78, 5) is 50.0. The average molecular weight is 2080 g/mol. The lowest BCUT2D eigenvalue weighted by atomic mass is 10.0. The van der Waals surface area contributed by atoms with Crippen LogP contribution in [0.25, 0.3) is 28.3 Å². The predicted molar refractivity (Wildman–Crippen MR) is 637 cm³/mol. The van der Waals surface area contributed by atoms with Crippen molar-refractivity contribution in [1.29, 1.82) is 0 Å². The van der Waals surface area contributed by atoms with Crippen LogP contribution in [0.15, 0.2) is 103 Å². The largest absolute Gasteiger partial charge is 0.796 e. The van der Waals surface area contributed by atoms with Gasteiger partial charge in [-0.25, -0.2) is 8.63 Å². The molecule has 17 heteroatoms. The zero-order valence-electron chi connectivity index (χ0n) is 96.9. The topological polar surface area (TPSA) is 171 Å². The molecule has 4 N–H and O–H groups in total. The number of rotatable bonds is 107. The first-order valence-electron chi connectivity index (χ1n) is 63.5. The first-order valence-corrected chi connectivity index (χ1v) is 63.5. The number of H-pyrrole nitrogens is 2. The van der Waals surface area contributed by atoms with Gasteiger partial charge in [0.1, 0.15) is 5.76 Å². The van der Waals surface area contributed by atoms with Crippen molar-refractivity contribution in [2.75, 3.05) is 50.3 Å². The van der Waals surface area contributed by atoms with E-state index >= 15 is 0 Å². The third kappa shape index (κ3) is 65.2. The quantitative estimate of drug-likeness (QED) is 0.00947. The summed E-state index contributed by atoms with van der Waals surface area (Å²) in [7, 11) is -3.23. The molecule has 2 aromatic heterocycles. The summed E-state index contributed by atoms with van der Waals surface area (Å²) >= 11 is 0. The van der Waals surface area contributed by atoms with Gasteiger partial charge in [-0.15, -0.1) is 0 Å². The SMILES string of the molecule is CCCCCCCCCCCCCCCCOc1cc(C(=O)Nc2ccc(-c3ccc(C(=O)/C=C(\OB(F)F)c4ccc(-c5ccc(NC(=O)c6cc(OCCCCCCCCCCCCCCCC)c(OCCCCCCCCCCCCCCCC)c(OCCCCCCCCCCCCCCCC)c6)cc5)[nH]4)[nH]3)cc2)cc(OCCCCCCCCCCCCCCCC)c1OCCCCCCCCCCCCCCCC. The second kappa shape index (κ2) is 92.6. The van der Waals surface area contributed by atoms with Gasteiger partial charge in [-0.3, -0.25) is 14.4 Å². The monoisotopic (exact) mass is 2080 g/mol. The molecule has 0 radical (unpaired) electrons. The number of aromatic amines is 2. The molecule has 0 atom stereocenters. The van der Waals surface area contributed by atoms with Gasteiger partial charge in [-0.1, -0.05) is 567 Å². The summed E-state index contributed by atoms with van der Waals surface area (Å²) < 4.78 is 74.3. The molecule has 2 amide bonds. The molecule has 0 aliphatic carbocycles. The molecule has 0 bridgehead atoms. The van der Waals surface area contributed by atoms with Gasteiger partial charge in [-0.05, 0) is 122 Å². The molecular formula is C133H219BF2N4O10.